The first-order valence-electron chi connectivity index (χ1n) is 5.93. The van der Waals surface area contributed by atoms with Crippen molar-refractivity contribution in [2.75, 3.05) is 13.2 Å². The van der Waals surface area contributed by atoms with Gasteiger partial charge in [0, 0.05) is 25.1 Å². The maximum atomic E-state index is 13.4. The van der Waals surface area contributed by atoms with Gasteiger partial charge in [-0.15, -0.1) is 0 Å². The summed E-state index contributed by atoms with van der Waals surface area (Å²) in [6.45, 7) is 9.15. The van der Waals surface area contributed by atoms with Gasteiger partial charge in [0.1, 0.15) is 5.82 Å². The zero-order chi connectivity index (χ0) is 13.1. The van der Waals surface area contributed by atoms with Crippen LogP contribution in [0.4, 0.5) is 4.39 Å². The van der Waals surface area contributed by atoms with Gasteiger partial charge in [-0.05, 0) is 30.5 Å². The van der Waals surface area contributed by atoms with Crippen LogP contribution in [0.25, 0.3) is 0 Å². The molecule has 17 heavy (non-hydrogen) atoms. The minimum Gasteiger partial charge on any atom is -0.396 e. The second kappa shape index (κ2) is 5.61. The largest absolute Gasteiger partial charge is 0.396 e. The second-order valence-electron chi connectivity index (χ2n) is 5.47. The zero-order valence-corrected chi connectivity index (χ0v) is 11.1. The number of hydrogen-bond donors (Lipinski definition) is 2. The van der Waals surface area contributed by atoms with E-state index in [1.807, 2.05) is 26.0 Å². The van der Waals surface area contributed by atoms with E-state index in [1.54, 1.807) is 13.8 Å². The topological polar surface area (TPSA) is 32.3 Å². The molecule has 0 spiro atoms. The molecule has 2 nitrogen and oxygen atoms in total. The Hall–Kier alpha value is -0.930. The van der Waals surface area contributed by atoms with Crippen molar-refractivity contribution in [3.63, 3.8) is 0 Å². The normalized spacial score (nSPS) is 11.9. The Bertz CT molecular complexity index is 365. The summed E-state index contributed by atoms with van der Waals surface area (Å²) in [6.07, 6.45) is 0. The van der Waals surface area contributed by atoms with Crippen LogP contribution in [0.5, 0.6) is 0 Å². The van der Waals surface area contributed by atoms with Gasteiger partial charge in [-0.2, -0.15) is 0 Å². The van der Waals surface area contributed by atoms with Crippen molar-refractivity contribution >= 4 is 0 Å². The molecular formula is C14H22FNO. The molecule has 0 radical (unpaired) electrons. The molecule has 0 amide bonds. The number of nitrogens with one attached hydrogen (secondary N) is 1. The minimum atomic E-state index is -0.121. The molecule has 1 aromatic rings. The standard InChI is InChI=1S/C14H22FNO/c1-10-5-12(6-11(2)13(10)15)7-16-8-14(3,4)9-17/h5-6,16-17H,7-9H2,1-4H3. The first kappa shape index (κ1) is 14.1. The molecule has 0 aliphatic heterocycles. The smallest absolute Gasteiger partial charge is 0.129 e. The van der Waals surface area contributed by atoms with Crippen LogP contribution in [0.3, 0.4) is 0 Å². The van der Waals surface area contributed by atoms with Gasteiger partial charge in [-0.25, -0.2) is 4.39 Å². The van der Waals surface area contributed by atoms with Gasteiger partial charge in [0.15, 0.2) is 0 Å². The summed E-state index contributed by atoms with van der Waals surface area (Å²) < 4.78 is 13.4. The Morgan fingerprint density at radius 3 is 2.24 bits per heavy atom. The van der Waals surface area contributed by atoms with Crippen molar-refractivity contribution in [3.8, 4) is 0 Å². The Morgan fingerprint density at radius 2 is 1.76 bits per heavy atom. The monoisotopic (exact) mass is 239 g/mol. The summed E-state index contributed by atoms with van der Waals surface area (Å²) in [7, 11) is 0. The van der Waals surface area contributed by atoms with E-state index in [0.717, 1.165) is 12.1 Å². The third kappa shape index (κ3) is 4.10. The van der Waals surface area contributed by atoms with Crippen LogP contribution in [0.15, 0.2) is 12.1 Å². The molecule has 0 saturated heterocycles. The Labute approximate surface area is 103 Å². The summed E-state index contributed by atoms with van der Waals surface area (Å²) >= 11 is 0. The summed E-state index contributed by atoms with van der Waals surface area (Å²) in [5.41, 5.74) is 2.32. The molecule has 0 aromatic heterocycles. The Morgan fingerprint density at radius 1 is 1.24 bits per heavy atom. The number of hydrogen-bond acceptors (Lipinski definition) is 2. The average molecular weight is 239 g/mol. The maximum Gasteiger partial charge on any atom is 0.129 e. The van der Waals surface area contributed by atoms with Crippen molar-refractivity contribution in [3.05, 3.63) is 34.6 Å². The van der Waals surface area contributed by atoms with Crippen molar-refractivity contribution < 1.29 is 9.50 Å². The van der Waals surface area contributed by atoms with Crippen LogP contribution in [-0.4, -0.2) is 18.3 Å². The molecule has 0 aliphatic carbocycles. The van der Waals surface area contributed by atoms with E-state index < -0.39 is 0 Å². The highest BCUT2D eigenvalue weighted by molar-refractivity contribution is 5.30. The molecule has 1 aromatic carbocycles. The number of aryl methyl sites for hydroxylation is 2. The molecule has 0 saturated carbocycles. The fourth-order valence-electron chi connectivity index (χ4n) is 1.74. The van der Waals surface area contributed by atoms with E-state index >= 15 is 0 Å². The van der Waals surface area contributed by atoms with Crippen molar-refractivity contribution in [1.29, 1.82) is 0 Å². The number of halogens is 1. The summed E-state index contributed by atoms with van der Waals surface area (Å²) in [6, 6.07) is 3.72. The quantitative estimate of drug-likeness (QED) is 0.827. The molecule has 2 N–H and O–H groups in total. The highest BCUT2D eigenvalue weighted by atomic mass is 19.1. The lowest BCUT2D eigenvalue weighted by Crippen LogP contribution is -2.31. The summed E-state index contributed by atoms with van der Waals surface area (Å²) in [4.78, 5) is 0. The lowest BCUT2D eigenvalue weighted by molar-refractivity contribution is 0.156. The van der Waals surface area contributed by atoms with Crippen molar-refractivity contribution in [2.45, 2.75) is 34.2 Å². The minimum absolute atomic E-state index is 0.121. The van der Waals surface area contributed by atoms with Gasteiger partial charge in [0.25, 0.3) is 0 Å². The van der Waals surface area contributed by atoms with E-state index in [2.05, 4.69) is 5.32 Å². The molecule has 3 heteroatoms. The lowest BCUT2D eigenvalue weighted by Gasteiger charge is -2.22. The van der Waals surface area contributed by atoms with E-state index in [1.165, 1.54) is 0 Å². The van der Waals surface area contributed by atoms with Crippen LogP contribution in [-0.2, 0) is 6.54 Å². The van der Waals surface area contributed by atoms with Gasteiger partial charge in [0.05, 0.1) is 0 Å². The molecule has 0 bridgehead atoms. The van der Waals surface area contributed by atoms with Gasteiger partial charge >= 0.3 is 0 Å². The Balaban J connectivity index is 2.59. The first-order valence-corrected chi connectivity index (χ1v) is 5.93. The molecule has 0 fully saturated rings. The van der Waals surface area contributed by atoms with Crippen LogP contribution < -0.4 is 5.32 Å². The second-order valence-corrected chi connectivity index (χ2v) is 5.47. The Kier molecular flexibility index (Phi) is 4.66. The third-order valence-corrected chi connectivity index (χ3v) is 2.86. The van der Waals surface area contributed by atoms with E-state index in [0.29, 0.717) is 17.7 Å². The number of rotatable bonds is 5. The lowest BCUT2D eigenvalue weighted by atomic mass is 9.95. The third-order valence-electron chi connectivity index (χ3n) is 2.86. The number of aliphatic hydroxyl groups excluding tert-OH is 1. The fraction of sp³-hybridized carbons (Fsp3) is 0.571. The van der Waals surface area contributed by atoms with Crippen molar-refractivity contribution in [2.24, 2.45) is 5.41 Å². The number of aliphatic hydroxyl groups is 1. The van der Waals surface area contributed by atoms with E-state index in [-0.39, 0.29) is 17.8 Å². The molecule has 0 aliphatic rings. The summed E-state index contributed by atoms with van der Waals surface area (Å²) in [5.74, 6) is -0.121. The summed E-state index contributed by atoms with van der Waals surface area (Å²) in [5, 5.41) is 12.4. The van der Waals surface area contributed by atoms with E-state index in [4.69, 9.17) is 5.11 Å². The van der Waals surface area contributed by atoms with Gasteiger partial charge in [-0.3, -0.25) is 0 Å². The van der Waals surface area contributed by atoms with Crippen molar-refractivity contribution in [1.82, 2.24) is 5.32 Å². The zero-order valence-electron chi connectivity index (χ0n) is 11.1. The molecule has 0 unspecified atom stereocenters. The first-order chi connectivity index (χ1) is 7.85. The SMILES string of the molecule is Cc1cc(CNCC(C)(C)CO)cc(C)c1F. The maximum absolute atomic E-state index is 13.4. The van der Waals surface area contributed by atoms with Crippen LogP contribution >= 0.6 is 0 Å². The van der Waals surface area contributed by atoms with Gasteiger partial charge in [0.2, 0.25) is 0 Å². The number of benzene rings is 1. The molecule has 0 heterocycles. The predicted molar refractivity (Wildman–Crippen MR) is 68.4 cm³/mol. The van der Waals surface area contributed by atoms with Crippen LogP contribution in [0.1, 0.15) is 30.5 Å². The van der Waals surface area contributed by atoms with Gasteiger partial charge in [-0.1, -0.05) is 26.0 Å². The molecule has 1 rings (SSSR count). The van der Waals surface area contributed by atoms with Gasteiger partial charge < -0.3 is 10.4 Å². The highest BCUT2D eigenvalue weighted by Gasteiger charge is 2.15. The van der Waals surface area contributed by atoms with Crippen LogP contribution in [0.2, 0.25) is 0 Å². The fourth-order valence-corrected chi connectivity index (χ4v) is 1.74. The molecule has 0 atom stereocenters. The highest BCUT2D eigenvalue weighted by Crippen LogP contribution is 2.15. The van der Waals surface area contributed by atoms with E-state index in [9.17, 15) is 4.39 Å². The average Bonchev–Trinajstić information content (AvgIpc) is 2.25. The van der Waals surface area contributed by atoms with Crippen LogP contribution in [0, 0.1) is 25.1 Å². The molecular weight excluding hydrogens is 217 g/mol. The predicted octanol–water partition coefficient (Wildman–Crippen LogP) is 2.55. The molecule has 96 valence electrons.